The van der Waals surface area contributed by atoms with Crippen LogP contribution in [0.1, 0.15) is 33.1 Å². The molecule has 0 amide bonds. The fourth-order valence-corrected chi connectivity index (χ4v) is 5.87. The zero-order valence-electron chi connectivity index (χ0n) is 16.1. The van der Waals surface area contributed by atoms with Gasteiger partial charge in [0.2, 0.25) is 5.78 Å². The van der Waals surface area contributed by atoms with Crippen molar-refractivity contribution < 1.29 is 32.7 Å². The van der Waals surface area contributed by atoms with Gasteiger partial charge in [-0.25, -0.2) is 0 Å². The van der Waals surface area contributed by atoms with Gasteiger partial charge in [0.1, 0.15) is 6.16 Å². The van der Waals surface area contributed by atoms with E-state index in [0.717, 1.165) is 13.0 Å². The Balaban J connectivity index is 1.80. The van der Waals surface area contributed by atoms with E-state index in [4.69, 9.17) is 18.5 Å². The second-order valence-corrected chi connectivity index (χ2v) is 9.15. The molecule has 4 atom stereocenters. The molecule has 0 N–H and O–H groups in total. The molecule has 0 aromatic rings. The number of esters is 1. The van der Waals surface area contributed by atoms with Gasteiger partial charge in [-0.15, -0.1) is 0 Å². The Morgan fingerprint density at radius 1 is 1.33 bits per heavy atom. The quantitative estimate of drug-likeness (QED) is 0.450. The number of ether oxygens (including phenoxy) is 2. The van der Waals surface area contributed by atoms with Crippen molar-refractivity contribution in [3.8, 4) is 0 Å². The molecule has 2 heterocycles. The molecule has 8 nitrogen and oxygen atoms in total. The summed E-state index contributed by atoms with van der Waals surface area (Å²) in [6.45, 7) is 4.45. The van der Waals surface area contributed by atoms with Crippen molar-refractivity contribution in [3.63, 3.8) is 0 Å². The summed E-state index contributed by atoms with van der Waals surface area (Å²) in [4.78, 5) is 27.7. The molecule has 2 saturated heterocycles. The summed E-state index contributed by atoms with van der Waals surface area (Å²) >= 11 is 0. The number of carbonyl (C=O) groups excluding carboxylic acids is 2. The lowest BCUT2D eigenvalue weighted by molar-refractivity contribution is -0.168. The molecular weight excluding hydrogens is 373 g/mol. The molecule has 0 spiro atoms. The highest BCUT2D eigenvalue weighted by atomic mass is 31.2. The van der Waals surface area contributed by atoms with Crippen LogP contribution in [-0.4, -0.2) is 73.5 Å². The van der Waals surface area contributed by atoms with Crippen molar-refractivity contribution in [2.75, 3.05) is 33.0 Å². The number of ketones is 1. The Kier molecular flexibility index (Phi) is 6.23. The van der Waals surface area contributed by atoms with Crippen molar-refractivity contribution in [3.05, 3.63) is 12.2 Å². The molecule has 0 radical (unpaired) electrons. The van der Waals surface area contributed by atoms with Crippen molar-refractivity contribution in [2.45, 2.75) is 56.9 Å². The van der Waals surface area contributed by atoms with Crippen molar-refractivity contribution in [1.29, 1.82) is 0 Å². The minimum Gasteiger partial charge on any atom is -0.448 e. The van der Waals surface area contributed by atoms with Gasteiger partial charge in [0, 0.05) is 26.1 Å². The largest absolute Gasteiger partial charge is 0.448 e. The molecule has 0 unspecified atom stereocenters. The standard InChI is InChI=1S/C18H28NO7P/c1-4-24-27(22,25-5-2)12-17(21)26-18-11-13(6-7-16(18)20)19-9-8-14(23-3)10-15(18)19/h6-7,13-15H,4-5,8-12H2,1-3H3/t13-,14-,15-,18-/m1/s1. The highest BCUT2D eigenvalue weighted by Gasteiger charge is 2.61. The summed E-state index contributed by atoms with van der Waals surface area (Å²) in [6.07, 6.45) is 4.81. The minimum atomic E-state index is -3.59. The SMILES string of the molecule is CCOP(=O)(CC(=O)O[C@@]12C[C@@H](C=CC1=O)N1CC[C@@H](OC)C[C@@H]12)OCC. The monoisotopic (exact) mass is 401 g/mol. The number of carbonyl (C=O) groups is 2. The van der Waals surface area contributed by atoms with E-state index in [2.05, 4.69) is 4.90 Å². The van der Waals surface area contributed by atoms with E-state index in [9.17, 15) is 14.2 Å². The van der Waals surface area contributed by atoms with Crippen molar-refractivity contribution in [1.82, 2.24) is 4.90 Å². The van der Waals surface area contributed by atoms with Crippen LogP contribution in [0.4, 0.5) is 0 Å². The van der Waals surface area contributed by atoms with Crippen LogP contribution in [0.25, 0.3) is 0 Å². The van der Waals surface area contributed by atoms with Gasteiger partial charge in [0.05, 0.1) is 25.4 Å². The fourth-order valence-electron chi connectivity index (χ4n) is 4.44. The van der Waals surface area contributed by atoms with Gasteiger partial charge in [-0.2, -0.15) is 0 Å². The lowest BCUT2D eigenvalue weighted by atomic mass is 9.81. The van der Waals surface area contributed by atoms with Crippen LogP contribution in [0, 0.1) is 0 Å². The molecule has 1 aliphatic carbocycles. The first-order valence-corrected chi connectivity index (χ1v) is 11.2. The normalized spacial score (nSPS) is 33.1. The van der Waals surface area contributed by atoms with Crippen molar-refractivity contribution >= 4 is 19.3 Å². The van der Waals surface area contributed by atoms with Crippen LogP contribution < -0.4 is 0 Å². The third kappa shape index (κ3) is 3.91. The highest BCUT2D eigenvalue weighted by Crippen LogP contribution is 2.50. The van der Waals surface area contributed by atoms with Gasteiger partial charge < -0.3 is 18.5 Å². The second kappa shape index (κ2) is 8.13. The van der Waals surface area contributed by atoms with E-state index in [0.29, 0.717) is 12.8 Å². The van der Waals surface area contributed by atoms with Crippen LogP contribution in [-0.2, 0) is 32.7 Å². The van der Waals surface area contributed by atoms with Crippen LogP contribution >= 0.6 is 7.60 Å². The van der Waals surface area contributed by atoms with E-state index < -0.39 is 25.3 Å². The van der Waals surface area contributed by atoms with Crippen LogP contribution in [0.15, 0.2) is 12.2 Å². The lowest BCUT2D eigenvalue weighted by Gasteiger charge is -2.40. The van der Waals surface area contributed by atoms with Gasteiger partial charge in [0.25, 0.3) is 0 Å². The van der Waals surface area contributed by atoms with Crippen LogP contribution in [0.2, 0.25) is 0 Å². The topological polar surface area (TPSA) is 91.4 Å². The number of hydrogen-bond acceptors (Lipinski definition) is 8. The predicted molar refractivity (Wildman–Crippen MR) is 97.6 cm³/mol. The maximum Gasteiger partial charge on any atom is 0.341 e. The first kappa shape index (κ1) is 20.7. The van der Waals surface area contributed by atoms with Crippen molar-refractivity contribution in [2.24, 2.45) is 0 Å². The Morgan fingerprint density at radius 3 is 2.67 bits per heavy atom. The summed E-state index contributed by atoms with van der Waals surface area (Å²) < 4.78 is 34.3. The number of piperidine rings is 1. The highest BCUT2D eigenvalue weighted by molar-refractivity contribution is 7.54. The number of nitrogens with zero attached hydrogens (tertiary/aromatic N) is 1. The van der Waals surface area contributed by atoms with E-state index in [1.807, 2.05) is 6.08 Å². The van der Waals surface area contributed by atoms with Gasteiger partial charge in [0.15, 0.2) is 5.60 Å². The zero-order valence-corrected chi connectivity index (χ0v) is 17.0. The smallest absolute Gasteiger partial charge is 0.341 e. The molecule has 0 aromatic carbocycles. The second-order valence-electron chi connectivity index (χ2n) is 7.10. The fraction of sp³-hybridized carbons (Fsp3) is 0.778. The Bertz CT molecular complexity index is 656. The maximum atomic E-state index is 12.8. The first-order chi connectivity index (χ1) is 12.9. The molecule has 0 aromatic heterocycles. The number of rotatable bonds is 8. The molecule has 27 heavy (non-hydrogen) atoms. The average Bonchev–Trinajstić information content (AvgIpc) is 2.88. The predicted octanol–water partition coefficient (Wildman–Crippen LogP) is 1.93. The number of fused-ring (bicyclic) bond motifs is 5. The van der Waals surface area contributed by atoms with E-state index in [1.165, 1.54) is 6.08 Å². The third-order valence-corrected chi connectivity index (χ3v) is 7.51. The molecule has 3 aliphatic rings. The minimum absolute atomic E-state index is 0.0203. The van der Waals surface area contributed by atoms with Crippen LogP contribution in [0.5, 0.6) is 0 Å². The summed E-state index contributed by atoms with van der Waals surface area (Å²) in [6, 6.07) is -0.185. The zero-order chi connectivity index (χ0) is 19.7. The van der Waals surface area contributed by atoms with Gasteiger partial charge in [-0.3, -0.25) is 19.1 Å². The molecule has 152 valence electrons. The first-order valence-electron chi connectivity index (χ1n) is 9.48. The Hall–Kier alpha value is -1.05. The maximum absolute atomic E-state index is 12.8. The number of hydrogen-bond donors (Lipinski definition) is 0. The summed E-state index contributed by atoms with van der Waals surface area (Å²) in [5.41, 5.74) is -1.25. The van der Waals surface area contributed by atoms with E-state index >= 15 is 0 Å². The lowest BCUT2D eigenvalue weighted by Crippen LogP contribution is -2.56. The van der Waals surface area contributed by atoms with E-state index in [1.54, 1.807) is 21.0 Å². The average molecular weight is 401 g/mol. The molecular formula is C18H28NO7P. The molecule has 9 heteroatoms. The van der Waals surface area contributed by atoms with Gasteiger partial charge in [-0.05, 0) is 32.8 Å². The molecule has 2 bridgehead atoms. The molecule has 2 aliphatic heterocycles. The summed E-state index contributed by atoms with van der Waals surface area (Å²) in [5, 5.41) is 0. The molecule has 0 saturated carbocycles. The van der Waals surface area contributed by atoms with Crippen LogP contribution in [0.3, 0.4) is 0 Å². The summed E-state index contributed by atoms with van der Waals surface area (Å²) in [7, 11) is -1.93. The Morgan fingerprint density at radius 2 is 2.04 bits per heavy atom. The van der Waals surface area contributed by atoms with Gasteiger partial charge >= 0.3 is 13.6 Å². The summed E-state index contributed by atoms with van der Waals surface area (Å²) in [5.74, 6) is -0.956. The number of methoxy groups -OCH3 is 1. The van der Waals surface area contributed by atoms with Gasteiger partial charge in [-0.1, -0.05) is 6.08 Å². The molecule has 2 fully saturated rings. The van der Waals surface area contributed by atoms with E-state index in [-0.39, 0.29) is 37.2 Å². The molecule has 3 rings (SSSR count). The Labute approximate surface area is 159 Å². The third-order valence-electron chi connectivity index (χ3n) is 5.56.